The van der Waals surface area contributed by atoms with E-state index in [2.05, 4.69) is 6.92 Å². The number of carbonyl (C=O) groups excluding carboxylic acids is 1. The lowest BCUT2D eigenvalue weighted by Gasteiger charge is -2.44. The molecule has 0 radical (unpaired) electrons. The molecule has 2 fully saturated rings. The summed E-state index contributed by atoms with van der Waals surface area (Å²) in [4.78, 5) is 12.5. The molecule has 12 nitrogen and oxygen atoms in total. The summed E-state index contributed by atoms with van der Waals surface area (Å²) < 4.78 is 21.8. The number of rotatable bonds is 16. The Hall–Kier alpha value is -0.930. The Morgan fingerprint density at radius 2 is 1.39 bits per heavy atom. The Balaban J connectivity index is 1.96. The van der Waals surface area contributed by atoms with Gasteiger partial charge in [0.1, 0.15) is 43.2 Å². The average Bonchev–Trinajstić information content (AvgIpc) is 3.12. The van der Waals surface area contributed by atoms with Crippen LogP contribution in [-0.2, 0) is 23.7 Å². The molecule has 0 amide bonds. The van der Waals surface area contributed by atoms with Gasteiger partial charge in [0.15, 0.2) is 6.10 Å². The second-order valence-corrected chi connectivity index (χ2v) is 9.60. The highest BCUT2D eigenvalue weighted by Crippen LogP contribution is 2.36. The zero-order chi connectivity index (χ0) is 26.7. The van der Waals surface area contributed by atoms with Gasteiger partial charge in [0.05, 0.1) is 13.2 Å². The summed E-state index contributed by atoms with van der Waals surface area (Å²) in [5.74, 6) is -2.95. The van der Waals surface area contributed by atoms with Crippen molar-refractivity contribution in [2.75, 3.05) is 19.8 Å². The third-order valence-corrected chi connectivity index (χ3v) is 6.80. The van der Waals surface area contributed by atoms with Gasteiger partial charge in [-0.25, -0.2) is 0 Å². The molecule has 2 rings (SSSR count). The molecule has 2 heterocycles. The highest BCUT2D eigenvalue weighted by atomic mass is 16.8. The Labute approximate surface area is 211 Å². The van der Waals surface area contributed by atoms with Crippen molar-refractivity contribution in [3.05, 3.63) is 0 Å². The monoisotopic (exact) mass is 524 g/mol. The lowest BCUT2D eigenvalue weighted by Crippen LogP contribution is -2.63. The second kappa shape index (κ2) is 15.5. The summed E-state index contributed by atoms with van der Waals surface area (Å²) in [6.45, 7) is -0.213. The minimum Gasteiger partial charge on any atom is -0.454 e. The van der Waals surface area contributed by atoms with Crippen molar-refractivity contribution in [1.29, 1.82) is 0 Å². The van der Waals surface area contributed by atoms with Crippen LogP contribution in [0.25, 0.3) is 0 Å². The van der Waals surface area contributed by atoms with Crippen molar-refractivity contribution < 1.29 is 59.5 Å². The van der Waals surface area contributed by atoms with Crippen LogP contribution in [0.3, 0.4) is 0 Å². The first-order valence-electron chi connectivity index (χ1n) is 13.0. The van der Waals surface area contributed by atoms with Gasteiger partial charge in [-0.05, 0) is 6.42 Å². The fourth-order valence-electron chi connectivity index (χ4n) is 4.53. The van der Waals surface area contributed by atoms with Crippen LogP contribution in [-0.4, -0.2) is 116 Å². The number of aliphatic hydroxyl groups excluding tert-OH is 7. The summed E-state index contributed by atoms with van der Waals surface area (Å²) in [6, 6.07) is 0. The van der Waals surface area contributed by atoms with Crippen molar-refractivity contribution in [2.24, 2.45) is 0 Å². The molecule has 0 saturated carbocycles. The maximum absolute atomic E-state index is 12.5. The number of hydrogen-bond acceptors (Lipinski definition) is 12. The molecule has 0 bridgehead atoms. The highest BCUT2D eigenvalue weighted by Gasteiger charge is 2.59. The first-order chi connectivity index (χ1) is 17.2. The van der Waals surface area contributed by atoms with Gasteiger partial charge in [-0.15, -0.1) is 0 Å². The zero-order valence-corrected chi connectivity index (χ0v) is 21.0. The van der Waals surface area contributed by atoms with E-state index < -0.39 is 80.6 Å². The third-order valence-electron chi connectivity index (χ3n) is 6.80. The summed E-state index contributed by atoms with van der Waals surface area (Å²) in [7, 11) is 0. The first kappa shape index (κ1) is 31.3. The van der Waals surface area contributed by atoms with Gasteiger partial charge in [-0.3, -0.25) is 4.79 Å². The number of aliphatic hydroxyl groups is 7. The molecule has 0 spiro atoms. The van der Waals surface area contributed by atoms with Crippen LogP contribution in [0.5, 0.6) is 0 Å². The molecular formula is C24H44O12. The molecule has 0 unspecified atom stereocenters. The molecule has 0 aromatic heterocycles. The van der Waals surface area contributed by atoms with Crippen molar-refractivity contribution in [3.8, 4) is 0 Å². The Bertz CT molecular complexity index is 636. The van der Waals surface area contributed by atoms with E-state index >= 15 is 0 Å². The van der Waals surface area contributed by atoms with E-state index in [9.17, 15) is 40.5 Å². The quantitative estimate of drug-likeness (QED) is 0.0970. The van der Waals surface area contributed by atoms with Crippen LogP contribution in [0.1, 0.15) is 71.1 Å². The van der Waals surface area contributed by atoms with E-state index in [-0.39, 0.29) is 6.42 Å². The van der Waals surface area contributed by atoms with Gasteiger partial charge >= 0.3 is 5.97 Å². The molecule has 36 heavy (non-hydrogen) atoms. The Morgan fingerprint density at radius 3 is 1.92 bits per heavy atom. The van der Waals surface area contributed by atoms with Crippen LogP contribution >= 0.6 is 0 Å². The topological polar surface area (TPSA) is 196 Å². The number of ether oxygens (including phenoxy) is 4. The van der Waals surface area contributed by atoms with Crippen molar-refractivity contribution in [1.82, 2.24) is 0 Å². The SMILES string of the molecule is CCCCCCCCCCCC(=O)O[C@H]1[C@@H](O[C@@]2(CO)O[C@H](CO)[C@@H](O)[C@H]2O)O[C@H](CO)[C@@H](O)[C@H]1O. The molecule has 2 aliphatic heterocycles. The summed E-state index contributed by atoms with van der Waals surface area (Å²) in [5, 5.41) is 70.1. The number of esters is 1. The summed E-state index contributed by atoms with van der Waals surface area (Å²) in [5.41, 5.74) is 0. The lowest BCUT2D eigenvalue weighted by molar-refractivity contribution is -0.384. The van der Waals surface area contributed by atoms with Crippen LogP contribution in [0.15, 0.2) is 0 Å². The number of unbranched alkanes of at least 4 members (excludes halogenated alkanes) is 8. The molecule has 7 N–H and O–H groups in total. The van der Waals surface area contributed by atoms with Gasteiger partial charge in [0, 0.05) is 6.42 Å². The van der Waals surface area contributed by atoms with Gasteiger partial charge in [0.2, 0.25) is 12.1 Å². The van der Waals surface area contributed by atoms with Crippen LogP contribution in [0, 0.1) is 0 Å². The van der Waals surface area contributed by atoms with E-state index in [1.165, 1.54) is 25.7 Å². The van der Waals surface area contributed by atoms with Gasteiger partial charge < -0.3 is 54.7 Å². The fraction of sp³-hybridized carbons (Fsp3) is 0.958. The molecule has 9 atom stereocenters. The largest absolute Gasteiger partial charge is 0.454 e. The maximum atomic E-state index is 12.5. The van der Waals surface area contributed by atoms with E-state index in [4.69, 9.17) is 18.9 Å². The van der Waals surface area contributed by atoms with Gasteiger partial charge in [0.25, 0.3) is 0 Å². The van der Waals surface area contributed by atoms with Crippen LogP contribution in [0.4, 0.5) is 0 Å². The maximum Gasteiger partial charge on any atom is 0.306 e. The van der Waals surface area contributed by atoms with E-state index in [0.717, 1.165) is 25.7 Å². The van der Waals surface area contributed by atoms with Crippen molar-refractivity contribution in [3.63, 3.8) is 0 Å². The third kappa shape index (κ3) is 8.03. The lowest BCUT2D eigenvalue weighted by atomic mass is 9.98. The molecule has 12 heteroatoms. The highest BCUT2D eigenvalue weighted by molar-refractivity contribution is 5.69. The molecule has 2 saturated heterocycles. The fourth-order valence-corrected chi connectivity index (χ4v) is 4.53. The first-order valence-corrected chi connectivity index (χ1v) is 13.0. The molecular weight excluding hydrogens is 480 g/mol. The second-order valence-electron chi connectivity index (χ2n) is 9.60. The standard InChI is InChI=1S/C24H44O12/c1-2-3-4-5-6-7-8-9-10-11-17(28)34-21-20(31)18(29)15(12-25)33-23(21)36-24(14-27)22(32)19(30)16(13-26)35-24/h15-16,18-23,25-27,29-32H,2-14H2,1H3/t15-,16-,18-,19-,20-,21-,22-,23-,24-/m1/s1. The Kier molecular flexibility index (Phi) is 13.4. The normalized spacial score (nSPS) is 36.8. The summed E-state index contributed by atoms with van der Waals surface area (Å²) >= 11 is 0. The number of carbonyl (C=O) groups is 1. The minimum absolute atomic E-state index is 0.0564. The molecule has 0 aromatic carbocycles. The van der Waals surface area contributed by atoms with Gasteiger partial charge in [-0.1, -0.05) is 58.3 Å². The van der Waals surface area contributed by atoms with E-state index in [0.29, 0.717) is 6.42 Å². The predicted molar refractivity (Wildman–Crippen MR) is 124 cm³/mol. The molecule has 2 aliphatic rings. The van der Waals surface area contributed by atoms with Gasteiger partial charge in [-0.2, -0.15) is 0 Å². The molecule has 212 valence electrons. The minimum atomic E-state index is -2.28. The predicted octanol–water partition coefficient (Wildman–Crippen LogP) is -0.924. The van der Waals surface area contributed by atoms with E-state index in [1.54, 1.807) is 0 Å². The summed E-state index contributed by atoms with van der Waals surface area (Å²) in [6.07, 6.45) is -3.07. The number of hydrogen-bond donors (Lipinski definition) is 7. The Morgan fingerprint density at radius 1 is 0.806 bits per heavy atom. The average molecular weight is 525 g/mol. The molecule has 0 aromatic rings. The van der Waals surface area contributed by atoms with Crippen molar-refractivity contribution in [2.45, 2.75) is 126 Å². The van der Waals surface area contributed by atoms with E-state index in [1.807, 2.05) is 0 Å². The zero-order valence-electron chi connectivity index (χ0n) is 21.0. The molecule has 0 aliphatic carbocycles. The van der Waals surface area contributed by atoms with Crippen LogP contribution < -0.4 is 0 Å². The van der Waals surface area contributed by atoms with Crippen molar-refractivity contribution >= 4 is 5.97 Å². The smallest absolute Gasteiger partial charge is 0.306 e. The van der Waals surface area contributed by atoms with Crippen LogP contribution in [0.2, 0.25) is 0 Å².